The normalized spacial score (nSPS) is 13.8. The Labute approximate surface area is 88.1 Å². The molecule has 0 radical (unpaired) electrons. The van der Waals surface area contributed by atoms with Gasteiger partial charge in [0.2, 0.25) is 5.91 Å². The van der Waals surface area contributed by atoms with Crippen LogP contribution in [0, 0.1) is 0 Å². The predicted octanol–water partition coefficient (Wildman–Crippen LogP) is 0.778. The van der Waals surface area contributed by atoms with Crippen LogP contribution in [-0.4, -0.2) is 17.6 Å². The first kappa shape index (κ1) is 9.98. The van der Waals surface area contributed by atoms with Crippen LogP contribution in [-0.2, 0) is 17.6 Å². The molecule has 0 fully saturated rings. The van der Waals surface area contributed by atoms with E-state index in [9.17, 15) is 9.90 Å². The van der Waals surface area contributed by atoms with E-state index in [1.54, 1.807) is 0 Å². The minimum absolute atomic E-state index is 0.0590. The largest absolute Gasteiger partial charge is 0.507 e. The Hall–Kier alpha value is -1.55. The summed E-state index contributed by atoms with van der Waals surface area (Å²) in [5.41, 5.74) is 7.73. The van der Waals surface area contributed by atoms with E-state index >= 15 is 0 Å². The number of phenolic OH excluding ortho intramolecular Hbond substituents is 1. The summed E-state index contributed by atoms with van der Waals surface area (Å²) < 4.78 is 0. The molecule has 0 aliphatic carbocycles. The van der Waals surface area contributed by atoms with Gasteiger partial charge in [-0.2, -0.15) is 0 Å². The number of carbonyl (C=O) groups excluding carboxylic acids is 1. The quantitative estimate of drug-likeness (QED) is 0.684. The van der Waals surface area contributed by atoms with Crippen LogP contribution in [0.1, 0.15) is 17.5 Å². The fourth-order valence-electron chi connectivity index (χ4n) is 1.83. The average Bonchev–Trinajstić information content (AvgIpc) is 2.59. The predicted molar refractivity (Wildman–Crippen MR) is 57.8 cm³/mol. The first-order valence-corrected chi connectivity index (χ1v) is 5.06. The molecule has 4 heteroatoms. The zero-order valence-electron chi connectivity index (χ0n) is 8.42. The number of aryl methyl sites for hydroxylation is 1. The van der Waals surface area contributed by atoms with Crippen molar-refractivity contribution in [2.75, 3.05) is 11.9 Å². The summed E-state index contributed by atoms with van der Waals surface area (Å²) in [5.74, 6) is 0.190. The molecule has 0 aromatic heterocycles. The van der Waals surface area contributed by atoms with Crippen molar-refractivity contribution in [1.82, 2.24) is 0 Å². The third-order valence-electron chi connectivity index (χ3n) is 2.63. The second-order valence-electron chi connectivity index (χ2n) is 3.72. The van der Waals surface area contributed by atoms with Crippen molar-refractivity contribution in [3.8, 4) is 5.75 Å². The number of nitrogens with two attached hydrogens (primary N) is 1. The van der Waals surface area contributed by atoms with Crippen molar-refractivity contribution in [3.05, 3.63) is 23.3 Å². The third-order valence-corrected chi connectivity index (χ3v) is 2.63. The van der Waals surface area contributed by atoms with Gasteiger partial charge in [0.15, 0.2) is 0 Å². The van der Waals surface area contributed by atoms with Gasteiger partial charge in [-0.25, -0.2) is 0 Å². The molecule has 0 saturated heterocycles. The number of nitrogens with one attached hydrogen (secondary N) is 1. The van der Waals surface area contributed by atoms with Crippen LogP contribution in [0.5, 0.6) is 5.75 Å². The molecule has 4 nitrogen and oxygen atoms in total. The molecule has 1 aromatic rings. The van der Waals surface area contributed by atoms with Crippen LogP contribution < -0.4 is 11.1 Å². The lowest BCUT2D eigenvalue weighted by Crippen LogP contribution is -2.03. The van der Waals surface area contributed by atoms with Crippen LogP contribution in [0.3, 0.4) is 0 Å². The molecule has 1 heterocycles. The van der Waals surface area contributed by atoms with Gasteiger partial charge in [0.05, 0.1) is 6.42 Å². The Kier molecular flexibility index (Phi) is 2.60. The number of benzene rings is 1. The monoisotopic (exact) mass is 206 g/mol. The molecule has 0 spiro atoms. The van der Waals surface area contributed by atoms with Crippen LogP contribution in [0.2, 0.25) is 0 Å². The second kappa shape index (κ2) is 3.90. The number of amides is 1. The second-order valence-corrected chi connectivity index (χ2v) is 3.72. The highest BCUT2D eigenvalue weighted by Crippen LogP contribution is 2.34. The summed E-state index contributed by atoms with van der Waals surface area (Å²) in [6, 6.07) is 3.68. The molecule has 15 heavy (non-hydrogen) atoms. The van der Waals surface area contributed by atoms with Gasteiger partial charge in [0, 0.05) is 11.3 Å². The van der Waals surface area contributed by atoms with Crippen molar-refractivity contribution in [3.63, 3.8) is 0 Å². The molecule has 0 atom stereocenters. The fraction of sp³-hybridized carbons (Fsp3) is 0.364. The van der Waals surface area contributed by atoms with Gasteiger partial charge in [-0.1, -0.05) is 6.07 Å². The van der Waals surface area contributed by atoms with Crippen molar-refractivity contribution in [1.29, 1.82) is 0 Å². The summed E-state index contributed by atoms with van der Waals surface area (Å²) in [4.78, 5) is 11.1. The molecule has 1 aliphatic rings. The molecule has 1 aliphatic heterocycles. The minimum Gasteiger partial charge on any atom is -0.507 e. The Morgan fingerprint density at radius 2 is 2.27 bits per heavy atom. The maximum atomic E-state index is 11.1. The minimum atomic E-state index is -0.0590. The lowest BCUT2D eigenvalue weighted by Gasteiger charge is -2.07. The van der Waals surface area contributed by atoms with E-state index < -0.39 is 0 Å². The zero-order chi connectivity index (χ0) is 10.8. The SMILES string of the molecule is NCCCc1ccc2c(c1O)CC(=O)N2. The molecular weight excluding hydrogens is 192 g/mol. The maximum absolute atomic E-state index is 11.1. The topological polar surface area (TPSA) is 75.3 Å². The van der Waals surface area contributed by atoms with E-state index in [-0.39, 0.29) is 18.1 Å². The number of rotatable bonds is 3. The average molecular weight is 206 g/mol. The van der Waals surface area contributed by atoms with Gasteiger partial charge in [0.25, 0.3) is 0 Å². The van der Waals surface area contributed by atoms with E-state index in [4.69, 9.17) is 5.73 Å². The van der Waals surface area contributed by atoms with Gasteiger partial charge in [0.1, 0.15) is 5.75 Å². The molecule has 2 rings (SSSR count). The van der Waals surface area contributed by atoms with E-state index in [0.29, 0.717) is 6.54 Å². The summed E-state index contributed by atoms with van der Waals surface area (Å²) in [6.07, 6.45) is 1.87. The molecular formula is C11H14N2O2. The summed E-state index contributed by atoms with van der Waals surface area (Å²) in [5, 5.41) is 12.6. The van der Waals surface area contributed by atoms with Crippen molar-refractivity contribution in [2.24, 2.45) is 5.73 Å². The Bertz CT molecular complexity index is 402. The molecule has 1 amide bonds. The third kappa shape index (κ3) is 1.80. The summed E-state index contributed by atoms with van der Waals surface area (Å²) >= 11 is 0. The Morgan fingerprint density at radius 3 is 3.00 bits per heavy atom. The number of fused-ring (bicyclic) bond motifs is 1. The number of hydrogen-bond acceptors (Lipinski definition) is 3. The lowest BCUT2D eigenvalue weighted by molar-refractivity contribution is -0.115. The van der Waals surface area contributed by atoms with Gasteiger partial charge < -0.3 is 16.2 Å². The van der Waals surface area contributed by atoms with E-state index in [1.165, 1.54) is 0 Å². The summed E-state index contributed by atoms with van der Waals surface area (Å²) in [7, 11) is 0. The smallest absolute Gasteiger partial charge is 0.229 e. The zero-order valence-corrected chi connectivity index (χ0v) is 8.42. The Balaban J connectivity index is 2.29. The van der Waals surface area contributed by atoms with Gasteiger partial charge in [-0.15, -0.1) is 0 Å². The number of anilines is 1. The molecule has 0 unspecified atom stereocenters. The van der Waals surface area contributed by atoms with Gasteiger partial charge >= 0.3 is 0 Å². The highest BCUT2D eigenvalue weighted by Gasteiger charge is 2.22. The highest BCUT2D eigenvalue weighted by molar-refractivity contribution is 6.00. The molecule has 80 valence electrons. The number of phenols is 1. The van der Waals surface area contributed by atoms with Crippen LogP contribution in [0.25, 0.3) is 0 Å². The standard InChI is InChI=1S/C11H14N2O2/c12-5-1-2-7-3-4-9-8(11(7)15)6-10(14)13-9/h3-4,15H,1-2,5-6,12H2,(H,13,14). The van der Waals surface area contributed by atoms with E-state index in [0.717, 1.165) is 29.7 Å². The molecule has 4 N–H and O–H groups in total. The highest BCUT2D eigenvalue weighted by atomic mass is 16.3. The number of carbonyl (C=O) groups is 1. The fourth-order valence-corrected chi connectivity index (χ4v) is 1.83. The molecule has 0 bridgehead atoms. The Morgan fingerprint density at radius 1 is 1.47 bits per heavy atom. The first-order chi connectivity index (χ1) is 7.22. The van der Waals surface area contributed by atoms with Gasteiger partial charge in [-0.05, 0) is 31.0 Å². The first-order valence-electron chi connectivity index (χ1n) is 5.06. The van der Waals surface area contributed by atoms with Crippen molar-refractivity contribution < 1.29 is 9.90 Å². The van der Waals surface area contributed by atoms with E-state index in [1.807, 2.05) is 12.1 Å². The van der Waals surface area contributed by atoms with Crippen LogP contribution in [0.15, 0.2) is 12.1 Å². The number of aromatic hydroxyl groups is 1. The van der Waals surface area contributed by atoms with Crippen molar-refractivity contribution >= 4 is 11.6 Å². The van der Waals surface area contributed by atoms with Crippen LogP contribution in [0.4, 0.5) is 5.69 Å². The number of hydrogen-bond donors (Lipinski definition) is 3. The molecule has 0 saturated carbocycles. The van der Waals surface area contributed by atoms with Crippen molar-refractivity contribution in [2.45, 2.75) is 19.3 Å². The maximum Gasteiger partial charge on any atom is 0.229 e. The molecule has 1 aromatic carbocycles. The van der Waals surface area contributed by atoms with E-state index in [2.05, 4.69) is 5.32 Å². The summed E-state index contributed by atoms with van der Waals surface area (Å²) in [6.45, 7) is 0.605. The van der Waals surface area contributed by atoms with Crippen LogP contribution >= 0.6 is 0 Å². The van der Waals surface area contributed by atoms with Gasteiger partial charge in [-0.3, -0.25) is 4.79 Å². The lowest BCUT2D eigenvalue weighted by atomic mass is 10.0.